The lowest BCUT2D eigenvalue weighted by Gasteiger charge is -2.35. The van der Waals surface area contributed by atoms with Crippen molar-refractivity contribution in [1.82, 2.24) is 0 Å². The Balaban J connectivity index is 2.21. The topological polar surface area (TPSA) is 55.8 Å². The van der Waals surface area contributed by atoms with E-state index in [1.807, 2.05) is 0 Å². The summed E-state index contributed by atoms with van der Waals surface area (Å²) in [5, 5.41) is 9.64. The molecule has 120 valence electrons. The first-order valence-corrected chi connectivity index (χ1v) is 7.09. The maximum Gasteiger partial charge on any atom is 0.416 e. The van der Waals surface area contributed by atoms with Crippen LogP contribution in [0.2, 0.25) is 0 Å². The molecule has 0 saturated heterocycles. The smallest absolute Gasteiger partial charge is 0.416 e. The molecule has 3 rings (SSSR count). The van der Waals surface area contributed by atoms with Gasteiger partial charge in [0.1, 0.15) is 0 Å². The zero-order valence-electron chi connectivity index (χ0n) is 11.7. The van der Waals surface area contributed by atoms with E-state index in [1.165, 1.54) is 6.07 Å². The second kappa shape index (κ2) is 5.07. The number of hydrogen-bond acceptors (Lipinski definition) is 3. The van der Waals surface area contributed by atoms with Crippen LogP contribution in [0.5, 0.6) is 11.5 Å². The summed E-state index contributed by atoms with van der Waals surface area (Å²) in [5.74, 6) is -1.03. The standard InChI is InChI=1S/C15H15F3O4/c16-15(17,18)10-7-12-11(21-8-22-12)6-9(10)14(13(19)20)4-2-1-3-5-14/h6-7H,1-5,8H2,(H,19,20). The van der Waals surface area contributed by atoms with Crippen LogP contribution in [0.15, 0.2) is 12.1 Å². The van der Waals surface area contributed by atoms with E-state index in [9.17, 15) is 23.1 Å². The number of carboxylic acid groups (broad SMARTS) is 1. The molecule has 1 aromatic rings. The molecule has 1 aromatic carbocycles. The minimum atomic E-state index is -4.64. The number of hydrogen-bond donors (Lipinski definition) is 1. The van der Waals surface area contributed by atoms with Crippen molar-refractivity contribution >= 4 is 5.97 Å². The summed E-state index contributed by atoms with van der Waals surface area (Å²) in [4.78, 5) is 11.8. The van der Waals surface area contributed by atoms with Crippen LogP contribution < -0.4 is 9.47 Å². The van der Waals surface area contributed by atoms with Crippen molar-refractivity contribution in [3.8, 4) is 11.5 Å². The number of fused-ring (bicyclic) bond motifs is 1. The fraction of sp³-hybridized carbons (Fsp3) is 0.533. The maximum absolute atomic E-state index is 13.4. The largest absolute Gasteiger partial charge is 0.481 e. The molecule has 2 aliphatic rings. The number of carbonyl (C=O) groups is 1. The Morgan fingerprint density at radius 2 is 1.68 bits per heavy atom. The van der Waals surface area contributed by atoms with Crippen LogP contribution in [0.1, 0.15) is 43.2 Å². The molecule has 0 radical (unpaired) electrons. The third-order valence-electron chi connectivity index (χ3n) is 4.45. The van der Waals surface area contributed by atoms with Gasteiger partial charge in [-0.25, -0.2) is 0 Å². The van der Waals surface area contributed by atoms with Gasteiger partial charge in [0.15, 0.2) is 11.5 Å². The van der Waals surface area contributed by atoms with Gasteiger partial charge >= 0.3 is 12.1 Å². The second-order valence-electron chi connectivity index (χ2n) is 5.70. The van der Waals surface area contributed by atoms with Gasteiger partial charge in [-0.05, 0) is 30.5 Å². The molecule has 22 heavy (non-hydrogen) atoms. The highest BCUT2D eigenvalue weighted by molar-refractivity contribution is 5.82. The first-order chi connectivity index (χ1) is 10.3. The highest BCUT2D eigenvalue weighted by Crippen LogP contribution is 2.49. The molecule has 0 bridgehead atoms. The fourth-order valence-corrected chi connectivity index (χ4v) is 3.33. The van der Waals surface area contributed by atoms with E-state index in [2.05, 4.69) is 0 Å². The molecule has 0 atom stereocenters. The van der Waals surface area contributed by atoms with Crippen molar-refractivity contribution in [1.29, 1.82) is 0 Å². The van der Waals surface area contributed by atoms with Crippen LogP contribution in [0.4, 0.5) is 13.2 Å². The number of aliphatic carboxylic acids is 1. The van der Waals surface area contributed by atoms with Gasteiger partial charge in [-0.15, -0.1) is 0 Å². The van der Waals surface area contributed by atoms with E-state index >= 15 is 0 Å². The molecule has 0 spiro atoms. The van der Waals surface area contributed by atoms with E-state index in [4.69, 9.17) is 9.47 Å². The van der Waals surface area contributed by atoms with Crippen molar-refractivity contribution < 1.29 is 32.5 Å². The van der Waals surface area contributed by atoms with Crippen LogP contribution in [-0.4, -0.2) is 17.9 Å². The molecule has 7 heteroatoms. The highest BCUT2D eigenvalue weighted by atomic mass is 19.4. The Kier molecular flexibility index (Phi) is 3.45. The lowest BCUT2D eigenvalue weighted by Crippen LogP contribution is -2.39. The summed E-state index contributed by atoms with van der Waals surface area (Å²) in [5.41, 5.74) is -2.66. The van der Waals surface area contributed by atoms with Gasteiger partial charge in [0.2, 0.25) is 6.79 Å². The average molecular weight is 316 g/mol. The van der Waals surface area contributed by atoms with Crippen LogP contribution >= 0.6 is 0 Å². The summed E-state index contributed by atoms with van der Waals surface area (Å²) in [6.45, 7) is -0.157. The summed E-state index contributed by atoms with van der Waals surface area (Å²) in [7, 11) is 0. The predicted octanol–water partition coefficient (Wildman–Crippen LogP) is 3.72. The summed E-state index contributed by atoms with van der Waals surface area (Å²) in [6, 6.07) is 2.06. The molecule has 1 heterocycles. The van der Waals surface area contributed by atoms with E-state index in [-0.39, 0.29) is 36.7 Å². The number of carboxylic acids is 1. The van der Waals surface area contributed by atoms with E-state index in [0.717, 1.165) is 12.5 Å². The van der Waals surface area contributed by atoms with Gasteiger partial charge in [0, 0.05) is 0 Å². The molecule has 0 aromatic heterocycles. The van der Waals surface area contributed by atoms with Crippen molar-refractivity contribution in [2.45, 2.75) is 43.7 Å². The Bertz CT molecular complexity index is 604. The van der Waals surface area contributed by atoms with Crippen molar-refractivity contribution in [3.05, 3.63) is 23.3 Å². The molecule has 1 N–H and O–H groups in total. The first-order valence-electron chi connectivity index (χ1n) is 7.09. The number of alkyl halides is 3. The van der Waals surface area contributed by atoms with Crippen LogP contribution in [0.25, 0.3) is 0 Å². The van der Waals surface area contributed by atoms with Crippen molar-refractivity contribution in [3.63, 3.8) is 0 Å². The Morgan fingerprint density at radius 3 is 2.23 bits per heavy atom. The van der Waals surface area contributed by atoms with Crippen molar-refractivity contribution in [2.75, 3.05) is 6.79 Å². The van der Waals surface area contributed by atoms with Gasteiger partial charge in [-0.1, -0.05) is 19.3 Å². The summed E-state index contributed by atoms with van der Waals surface area (Å²) >= 11 is 0. The quantitative estimate of drug-likeness (QED) is 0.903. The minimum absolute atomic E-state index is 0.00687. The third-order valence-corrected chi connectivity index (χ3v) is 4.45. The molecule has 4 nitrogen and oxygen atoms in total. The van der Waals surface area contributed by atoms with E-state index in [0.29, 0.717) is 12.8 Å². The number of ether oxygens (including phenoxy) is 2. The van der Waals surface area contributed by atoms with E-state index in [1.54, 1.807) is 0 Å². The molecular weight excluding hydrogens is 301 g/mol. The van der Waals surface area contributed by atoms with Crippen molar-refractivity contribution in [2.24, 2.45) is 0 Å². The summed E-state index contributed by atoms with van der Waals surface area (Å²) in [6.07, 6.45) is -2.22. The Hall–Kier alpha value is -1.92. The fourth-order valence-electron chi connectivity index (χ4n) is 3.33. The zero-order chi connectivity index (χ0) is 16.0. The maximum atomic E-state index is 13.4. The SMILES string of the molecule is O=C(O)C1(c2cc3c(cc2C(F)(F)F)OCO3)CCCCC1. The Labute approximate surface area is 124 Å². The van der Waals surface area contributed by atoms with Gasteiger partial charge in [0.25, 0.3) is 0 Å². The number of benzene rings is 1. The molecule has 1 saturated carbocycles. The molecule has 0 unspecified atom stereocenters. The lowest BCUT2D eigenvalue weighted by molar-refractivity contribution is -0.147. The Morgan fingerprint density at radius 1 is 1.09 bits per heavy atom. The highest BCUT2D eigenvalue weighted by Gasteiger charge is 2.48. The first kappa shape index (κ1) is 15.0. The van der Waals surface area contributed by atoms with Gasteiger partial charge in [0.05, 0.1) is 11.0 Å². The van der Waals surface area contributed by atoms with Gasteiger partial charge in [-0.3, -0.25) is 4.79 Å². The van der Waals surface area contributed by atoms with Crippen LogP contribution in [0.3, 0.4) is 0 Å². The minimum Gasteiger partial charge on any atom is -0.481 e. The average Bonchev–Trinajstić information content (AvgIpc) is 2.93. The molecule has 1 aliphatic heterocycles. The van der Waals surface area contributed by atoms with Gasteiger partial charge in [-0.2, -0.15) is 13.2 Å². The van der Waals surface area contributed by atoms with Gasteiger partial charge < -0.3 is 14.6 Å². The molecule has 1 fully saturated rings. The van der Waals surface area contributed by atoms with E-state index < -0.39 is 23.1 Å². The predicted molar refractivity (Wildman–Crippen MR) is 70.0 cm³/mol. The second-order valence-corrected chi connectivity index (χ2v) is 5.70. The zero-order valence-corrected chi connectivity index (χ0v) is 11.7. The summed E-state index contributed by atoms with van der Waals surface area (Å²) < 4.78 is 50.4. The number of halogens is 3. The monoisotopic (exact) mass is 316 g/mol. The van der Waals surface area contributed by atoms with Crippen LogP contribution in [-0.2, 0) is 16.4 Å². The number of rotatable bonds is 2. The lowest BCUT2D eigenvalue weighted by atomic mass is 9.68. The van der Waals surface area contributed by atoms with Crippen LogP contribution in [0, 0.1) is 0 Å². The normalized spacial score (nSPS) is 20.0. The third kappa shape index (κ3) is 2.28. The molecule has 0 amide bonds. The molecule has 1 aliphatic carbocycles. The molecular formula is C15H15F3O4.